The molecule has 146 valence electrons. The van der Waals surface area contributed by atoms with Crippen LogP contribution < -0.4 is 10.6 Å². The van der Waals surface area contributed by atoms with Crippen LogP contribution in [-0.4, -0.2) is 18.4 Å². The molecule has 2 N–H and O–H groups in total. The van der Waals surface area contributed by atoms with Gasteiger partial charge in [0.2, 0.25) is 5.91 Å². The summed E-state index contributed by atoms with van der Waals surface area (Å²) in [5, 5.41) is 7.66. The van der Waals surface area contributed by atoms with E-state index >= 15 is 0 Å². The van der Waals surface area contributed by atoms with Crippen LogP contribution in [0.3, 0.4) is 0 Å². The summed E-state index contributed by atoms with van der Waals surface area (Å²) in [5.41, 5.74) is -3.31. The van der Waals surface area contributed by atoms with Gasteiger partial charge in [-0.15, -0.1) is 0 Å². The lowest BCUT2D eigenvalue weighted by atomic mass is 10.1. The third-order valence-corrected chi connectivity index (χ3v) is 3.98. The number of carbonyl (C=O) groups excluding carboxylic acids is 2. The van der Waals surface area contributed by atoms with Gasteiger partial charge in [0.25, 0.3) is 5.91 Å². The first kappa shape index (κ1) is 20.7. The molecule has 0 aliphatic carbocycles. The predicted octanol–water partition coefficient (Wildman–Crippen LogP) is 4.54. The maximum atomic E-state index is 12.8. The van der Waals surface area contributed by atoms with Gasteiger partial charge in [0.05, 0.1) is 11.1 Å². The van der Waals surface area contributed by atoms with Crippen molar-refractivity contribution in [1.29, 1.82) is 0 Å². The fraction of sp³-hybridized carbons (Fsp3) is 0.250. The van der Waals surface area contributed by atoms with Crippen molar-refractivity contribution in [2.45, 2.75) is 18.8 Å². The summed E-state index contributed by atoms with van der Waals surface area (Å²) >= 11 is 1.29. The van der Waals surface area contributed by atoms with Crippen LogP contribution in [0, 0.1) is 0 Å². The molecule has 2 rings (SSSR count). The van der Waals surface area contributed by atoms with E-state index in [4.69, 9.17) is 0 Å². The molecular formula is C16H12F6N2O2S. The summed E-state index contributed by atoms with van der Waals surface area (Å²) in [6, 6.07) is 2.35. The number of halogens is 6. The number of carbonyl (C=O) groups is 2. The monoisotopic (exact) mass is 410 g/mol. The van der Waals surface area contributed by atoms with Crippen molar-refractivity contribution in [2.75, 3.05) is 11.9 Å². The highest BCUT2D eigenvalue weighted by atomic mass is 32.1. The van der Waals surface area contributed by atoms with Gasteiger partial charge < -0.3 is 10.6 Å². The zero-order valence-corrected chi connectivity index (χ0v) is 14.2. The molecule has 0 spiro atoms. The molecule has 0 fully saturated rings. The lowest BCUT2D eigenvalue weighted by molar-refractivity contribution is -0.143. The molecule has 11 heteroatoms. The third kappa shape index (κ3) is 5.98. The van der Waals surface area contributed by atoms with Gasteiger partial charge in [0.15, 0.2) is 0 Å². The highest BCUT2D eigenvalue weighted by molar-refractivity contribution is 7.08. The van der Waals surface area contributed by atoms with E-state index in [1.165, 1.54) is 11.3 Å². The number of anilines is 1. The lowest BCUT2D eigenvalue weighted by Crippen LogP contribution is -2.27. The Balaban J connectivity index is 2.02. The largest absolute Gasteiger partial charge is 0.416 e. The lowest BCUT2D eigenvalue weighted by Gasteiger charge is -2.14. The van der Waals surface area contributed by atoms with E-state index in [0.29, 0.717) is 17.7 Å². The first-order valence-electron chi connectivity index (χ1n) is 7.36. The Morgan fingerprint density at radius 1 is 0.963 bits per heavy atom. The topological polar surface area (TPSA) is 58.2 Å². The van der Waals surface area contributed by atoms with Crippen LogP contribution in [0.1, 0.15) is 27.9 Å². The summed E-state index contributed by atoms with van der Waals surface area (Å²) in [5.74, 6) is -1.28. The maximum absolute atomic E-state index is 12.8. The normalized spacial score (nSPS) is 11.9. The number of rotatable bonds is 5. The van der Waals surface area contributed by atoms with Gasteiger partial charge in [0, 0.05) is 29.6 Å². The first-order valence-corrected chi connectivity index (χ1v) is 8.31. The molecular weight excluding hydrogens is 398 g/mol. The Kier molecular flexibility index (Phi) is 6.14. The van der Waals surface area contributed by atoms with Gasteiger partial charge >= 0.3 is 12.4 Å². The molecule has 1 aromatic carbocycles. The maximum Gasteiger partial charge on any atom is 0.416 e. The van der Waals surface area contributed by atoms with Crippen LogP contribution in [0.25, 0.3) is 0 Å². The molecule has 0 atom stereocenters. The highest BCUT2D eigenvalue weighted by Gasteiger charge is 2.37. The van der Waals surface area contributed by atoms with E-state index < -0.39 is 41.0 Å². The van der Waals surface area contributed by atoms with E-state index in [1.54, 1.807) is 16.8 Å². The van der Waals surface area contributed by atoms with Gasteiger partial charge in [0.1, 0.15) is 0 Å². The molecule has 1 aromatic heterocycles. The molecule has 0 saturated heterocycles. The number of benzene rings is 1. The molecule has 0 aliphatic heterocycles. The minimum absolute atomic E-state index is 0.0310. The zero-order valence-electron chi connectivity index (χ0n) is 13.4. The summed E-state index contributed by atoms with van der Waals surface area (Å²) in [6.07, 6.45) is -10.3. The average molecular weight is 410 g/mol. The minimum Gasteiger partial charge on any atom is -0.351 e. The summed E-state index contributed by atoms with van der Waals surface area (Å²) in [4.78, 5) is 23.4. The van der Waals surface area contributed by atoms with E-state index in [2.05, 4.69) is 5.32 Å². The van der Waals surface area contributed by atoms with Crippen LogP contribution in [0.5, 0.6) is 0 Å². The molecule has 0 unspecified atom stereocenters. The van der Waals surface area contributed by atoms with Crippen LogP contribution >= 0.6 is 11.3 Å². The quantitative estimate of drug-likeness (QED) is 0.711. The number of alkyl halides is 6. The number of thiophene rings is 1. The van der Waals surface area contributed by atoms with Crippen molar-refractivity contribution in [1.82, 2.24) is 5.32 Å². The summed E-state index contributed by atoms with van der Waals surface area (Å²) in [6.45, 7) is -0.133. The SMILES string of the molecule is O=C(CCNC(=O)c1ccsc1)Nc1cc(C(F)(F)F)cc(C(F)(F)F)c1. The molecule has 2 amide bonds. The van der Waals surface area contributed by atoms with Crippen molar-refractivity contribution in [2.24, 2.45) is 0 Å². The van der Waals surface area contributed by atoms with Gasteiger partial charge in [-0.05, 0) is 29.6 Å². The van der Waals surface area contributed by atoms with Crippen molar-refractivity contribution in [3.05, 3.63) is 51.7 Å². The predicted molar refractivity (Wildman–Crippen MR) is 86.3 cm³/mol. The van der Waals surface area contributed by atoms with Crippen molar-refractivity contribution < 1.29 is 35.9 Å². The average Bonchev–Trinajstić information content (AvgIpc) is 3.07. The smallest absolute Gasteiger partial charge is 0.351 e. The van der Waals surface area contributed by atoms with E-state index in [-0.39, 0.29) is 19.0 Å². The molecule has 0 radical (unpaired) electrons. The Hall–Kier alpha value is -2.56. The standard InChI is InChI=1S/C16H12F6N2O2S/c17-15(18,19)10-5-11(16(20,21)22)7-12(6-10)24-13(25)1-3-23-14(26)9-2-4-27-8-9/h2,4-8H,1,3H2,(H,23,26)(H,24,25). The fourth-order valence-corrected chi connectivity index (χ4v) is 2.67. The van der Waals surface area contributed by atoms with E-state index in [9.17, 15) is 35.9 Å². The second-order valence-corrected chi connectivity index (χ2v) is 6.14. The number of hydrogen-bond donors (Lipinski definition) is 2. The number of hydrogen-bond acceptors (Lipinski definition) is 3. The molecule has 4 nitrogen and oxygen atoms in total. The molecule has 2 aromatic rings. The van der Waals surface area contributed by atoms with Gasteiger partial charge in [-0.3, -0.25) is 9.59 Å². The second-order valence-electron chi connectivity index (χ2n) is 5.36. The first-order chi connectivity index (χ1) is 12.5. The minimum atomic E-state index is -5.00. The van der Waals surface area contributed by atoms with Crippen LogP contribution in [0.2, 0.25) is 0 Å². The van der Waals surface area contributed by atoms with Crippen LogP contribution in [-0.2, 0) is 17.1 Å². The van der Waals surface area contributed by atoms with Crippen LogP contribution in [0.15, 0.2) is 35.0 Å². The van der Waals surface area contributed by atoms with E-state index in [0.717, 1.165) is 0 Å². The summed E-state index contributed by atoms with van der Waals surface area (Å²) in [7, 11) is 0. The zero-order chi connectivity index (χ0) is 20.2. The van der Waals surface area contributed by atoms with E-state index in [1.807, 2.05) is 5.32 Å². The molecule has 0 bridgehead atoms. The molecule has 0 saturated carbocycles. The van der Waals surface area contributed by atoms with Crippen LogP contribution in [0.4, 0.5) is 32.0 Å². The van der Waals surface area contributed by atoms with Gasteiger partial charge in [-0.1, -0.05) is 0 Å². The summed E-state index contributed by atoms with van der Waals surface area (Å²) < 4.78 is 76.6. The fourth-order valence-electron chi connectivity index (χ4n) is 2.04. The van der Waals surface area contributed by atoms with Gasteiger partial charge in [-0.25, -0.2) is 0 Å². The molecule has 1 heterocycles. The third-order valence-electron chi connectivity index (χ3n) is 3.29. The highest BCUT2D eigenvalue weighted by Crippen LogP contribution is 2.37. The number of amides is 2. The van der Waals surface area contributed by atoms with Crippen molar-refractivity contribution in [3.63, 3.8) is 0 Å². The van der Waals surface area contributed by atoms with Gasteiger partial charge in [-0.2, -0.15) is 37.7 Å². The Bertz CT molecular complexity index is 783. The molecule has 27 heavy (non-hydrogen) atoms. The Labute approximate surface area is 153 Å². The Morgan fingerprint density at radius 2 is 1.56 bits per heavy atom. The Morgan fingerprint density at radius 3 is 2.04 bits per heavy atom. The second kappa shape index (κ2) is 7.99. The van der Waals surface area contributed by atoms with Crippen molar-refractivity contribution in [3.8, 4) is 0 Å². The van der Waals surface area contributed by atoms with Crippen molar-refractivity contribution >= 4 is 28.8 Å². The number of nitrogens with one attached hydrogen (secondary N) is 2. The molecule has 0 aliphatic rings.